The van der Waals surface area contributed by atoms with Crippen LogP contribution >= 0.6 is 0 Å². The Labute approximate surface area is 156 Å². The molecule has 0 saturated carbocycles. The zero-order valence-electron chi connectivity index (χ0n) is 15.5. The standard InChI is InChI=1S/C17H22F2N6OSi/c1-27(2,3)5-4-26-11-25-9-12-8-20-15(6-13(12)24-25)23-16-7-14(17(18)19)21-10-22-16/h6-10,17H,4-5,11H2,1-3H3,(H,21,22,23). The average molecular weight is 392 g/mol. The number of rotatable bonds is 8. The number of fused-ring (bicyclic) bond motifs is 1. The Morgan fingerprint density at radius 2 is 1.93 bits per heavy atom. The summed E-state index contributed by atoms with van der Waals surface area (Å²) in [6.45, 7) is 8.02. The van der Waals surface area contributed by atoms with Crippen LogP contribution in [0, 0.1) is 0 Å². The molecule has 0 aliphatic rings. The first-order valence-corrected chi connectivity index (χ1v) is 12.3. The first-order valence-electron chi connectivity index (χ1n) is 8.58. The Hall–Kier alpha value is -2.46. The van der Waals surface area contributed by atoms with Gasteiger partial charge in [0.1, 0.15) is 30.4 Å². The number of aromatic nitrogens is 5. The zero-order valence-corrected chi connectivity index (χ0v) is 16.5. The number of pyridine rings is 1. The van der Waals surface area contributed by atoms with Gasteiger partial charge >= 0.3 is 0 Å². The fourth-order valence-corrected chi connectivity index (χ4v) is 3.09. The van der Waals surface area contributed by atoms with Gasteiger partial charge in [-0.05, 0) is 6.04 Å². The normalized spacial score (nSPS) is 12.1. The van der Waals surface area contributed by atoms with Gasteiger partial charge in [0.15, 0.2) is 0 Å². The molecular formula is C17H22F2N6OSi. The van der Waals surface area contributed by atoms with Gasteiger partial charge in [-0.2, -0.15) is 5.10 Å². The van der Waals surface area contributed by atoms with Gasteiger partial charge < -0.3 is 10.1 Å². The molecule has 7 nitrogen and oxygen atoms in total. The van der Waals surface area contributed by atoms with Crippen molar-refractivity contribution in [2.24, 2.45) is 0 Å². The van der Waals surface area contributed by atoms with Gasteiger partial charge in [0.25, 0.3) is 6.43 Å². The molecule has 0 fully saturated rings. The van der Waals surface area contributed by atoms with Gasteiger partial charge in [0, 0.05) is 44.6 Å². The first-order chi connectivity index (χ1) is 12.8. The summed E-state index contributed by atoms with van der Waals surface area (Å²) in [7, 11) is -1.11. The molecule has 3 rings (SSSR count). The Morgan fingerprint density at radius 3 is 2.67 bits per heavy atom. The smallest absolute Gasteiger partial charge is 0.280 e. The van der Waals surface area contributed by atoms with Crippen molar-refractivity contribution >= 4 is 30.6 Å². The number of nitrogens with zero attached hydrogens (tertiary/aromatic N) is 5. The molecular weight excluding hydrogens is 370 g/mol. The molecule has 27 heavy (non-hydrogen) atoms. The lowest BCUT2D eigenvalue weighted by Gasteiger charge is -2.15. The number of nitrogens with one attached hydrogen (secondary N) is 1. The van der Waals surface area contributed by atoms with Crippen molar-refractivity contribution in [1.29, 1.82) is 0 Å². The van der Waals surface area contributed by atoms with E-state index in [0.29, 0.717) is 12.5 Å². The quantitative estimate of drug-likeness (QED) is 0.457. The molecule has 0 saturated heterocycles. The highest BCUT2D eigenvalue weighted by molar-refractivity contribution is 6.76. The first kappa shape index (κ1) is 19.3. The minimum Gasteiger partial charge on any atom is -0.360 e. The molecule has 0 aliphatic carbocycles. The molecule has 0 aliphatic heterocycles. The third kappa shape index (κ3) is 5.50. The van der Waals surface area contributed by atoms with E-state index in [1.807, 2.05) is 6.20 Å². The maximum atomic E-state index is 12.7. The lowest BCUT2D eigenvalue weighted by atomic mass is 10.3. The molecule has 0 spiro atoms. The van der Waals surface area contributed by atoms with Gasteiger partial charge in [0.2, 0.25) is 0 Å². The molecule has 0 radical (unpaired) electrons. The third-order valence-electron chi connectivity index (χ3n) is 3.82. The van der Waals surface area contributed by atoms with Crippen LogP contribution < -0.4 is 5.32 Å². The number of anilines is 2. The van der Waals surface area contributed by atoms with Crippen LogP contribution in [0.3, 0.4) is 0 Å². The molecule has 0 unspecified atom stereocenters. The summed E-state index contributed by atoms with van der Waals surface area (Å²) in [4.78, 5) is 11.7. The summed E-state index contributed by atoms with van der Waals surface area (Å²) in [6, 6.07) is 4.03. The number of ether oxygens (including phenoxy) is 1. The van der Waals surface area contributed by atoms with Gasteiger partial charge in [-0.3, -0.25) is 0 Å². The van der Waals surface area contributed by atoms with E-state index in [0.717, 1.165) is 29.9 Å². The maximum absolute atomic E-state index is 12.7. The number of halogens is 2. The SMILES string of the molecule is C[Si](C)(C)CCOCn1cc2cnc(Nc3cc(C(F)F)ncn3)cc2n1. The molecule has 3 heterocycles. The minimum atomic E-state index is -2.65. The number of hydrogen-bond donors (Lipinski definition) is 1. The largest absolute Gasteiger partial charge is 0.360 e. The second-order valence-electron chi connectivity index (χ2n) is 7.40. The van der Waals surface area contributed by atoms with Gasteiger partial charge in [0.05, 0.1) is 5.52 Å². The van der Waals surface area contributed by atoms with Crippen LogP contribution in [-0.4, -0.2) is 39.4 Å². The van der Waals surface area contributed by atoms with Crippen molar-refractivity contribution in [1.82, 2.24) is 24.7 Å². The van der Waals surface area contributed by atoms with E-state index in [2.05, 4.69) is 45.0 Å². The van der Waals surface area contributed by atoms with Crippen LogP contribution in [0.1, 0.15) is 12.1 Å². The second-order valence-corrected chi connectivity index (χ2v) is 13.0. The summed E-state index contributed by atoms with van der Waals surface area (Å²) in [6.07, 6.45) is 1.97. The molecule has 1 N–H and O–H groups in total. The van der Waals surface area contributed by atoms with Crippen LogP contribution in [0.15, 0.2) is 30.9 Å². The Balaban J connectivity index is 1.66. The van der Waals surface area contributed by atoms with Crippen molar-refractivity contribution in [2.45, 2.75) is 38.8 Å². The average Bonchev–Trinajstić information content (AvgIpc) is 3.00. The Morgan fingerprint density at radius 1 is 1.15 bits per heavy atom. The summed E-state index contributed by atoms with van der Waals surface area (Å²) in [5, 5.41) is 8.23. The Kier molecular flexibility index (Phi) is 5.75. The summed E-state index contributed by atoms with van der Waals surface area (Å²) in [5.41, 5.74) is 0.387. The summed E-state index contributed by atoms with van der Waals surface area (Å²) >= 11 is 0. The van der Waals surface area contributed by atoms with E-state index in [-0.39, 0.29) is 11.5 Å². The van der Waals surface area contributed by atoms with Crippen molar-refractivity contribution in [2.75, 3.05) is 11.9 Å². The highest BCUT2D eigenvalue weighted by atomic mass is 28.3. The fraction of sp³-hybridized carbons (Fsp3) is 0.412. The van der Waals surface area contributed by atoms with Gasteiger partial charge in [-0.1, -0.05) is 19.6 Å². The van der Waals surface area contributed by atoms with Crippen LogP contribution in [0.2, 0.25) is 25.7 Å². The second kappa shape index (κ2) is 8.05. The highest BCUT2D eigenvalue weighted by Crippen LogP contribution is 2.21. The highest BCUT2D eigenvalue weighted by Gasteiger charge is 2.13. The summed E-state index contributed by atoms with van der Waals surface area (Å²) in [5.74, 6) is 0.715. The lowest BCUT2D eigenvalue weighted by Crippen LogP contribution is -2.22. The number of hydrogen-bond acceptors (Lipinski definition) is 6. The molecule has 3 aromatic rings. The predicted molar refractivity (Wildman–Crippen MR) is 102 cm³/mol. The van der Waals surface area contributed by atoms with Crippen LogP contribution in [-0.2, 0) is 11.5 Å². The molecule has 0 aromatic carbocycles. The number of alkyl halides is 2. The molecule has 3 aromatic heterocycles. The van der Waals surface area contributed by atoms with Crippen LogP contribution in [0.25, 0.3) is 10.9 Å². The van der Waals surface area contributed by atoms with Crippen LogP contribution in [0.5, 0.6) is 0 Å². The molecule has 144 valence electrons. The molecule has 0 amide bonds. The fourth-order valence-electron chi connectivity index (χ4n) is 2.33. The van der Waals surface area contributed by atoms with E-state index < -0.39 is 14.5 Å². The molecule has 10 heteroatoms. The van der Waals surface area contributed by atoms with E-state index in [9.17, 15) is 8.78 Å². The molecule has 0 bridgehead atoms. The predicted octanol–water partition coefficient (Wildman–Crippen LogP) is 4.21. The van der Waals surface area contributed by atoms with Crippen molar-refractivity contribution in [3.05, 3.63) is 36.5 Å². The van der Waals surface area contributed by atoms with Gasteiger partial charge in [-0.15, -0.1) is 0 Å². The summed E-state index contributed by atoms with van der Waals surface area (Å²) < 4.78 is 32.9. The molecule has 0 atom stereocenters. The zero-order chi connectivity index (χ0) is 19.4. The van der Waals surface area contributed by atoms with Crippen LogP contribution in [0.4, 0.5) is 20.4 Å². The lowest BCUT2D eigenvalue weighted by molar-refractivity contribution is 0.0791. The maximum Gasteiger partial charge on any atom is 0.280 e. The van der Waals surface area contributed by atoms with E-state index >= 15 is 0 Å². The van der Waals surface area contributed by atoms with Crippen molar-refractivity contribution in [3.8, 4) is 0 Å². The Bertz CT molecular complexity index is 912. The topological polar surface area (TPSA) is 77.8 Å². The van der Waals surface area contributed by atoms with E-state index in [1.54, 1.807) is 16.9 Å². The van der Waals surface area contributed by atoms with E-state index in [1.165, 1.54) is 6.07 Å². The van der Waals surface area contributed by atoms with Crippen molar-refractivity contribution in [3.63, 3.8) is 0 Å². The van der Waals surface area contributed by atoms with Crippen molar-refractivity contribution < 1.29 is 13.5 Å². The van der Waals surface area contributed by atoms with Gasteiger partial charge in [-0.25, -0.2) is 28.4 Å². The third-order valence-corrected chi connectivity index (χ3v) is 5.53. The van der Waals surface area contributed by atoms with E-state index in [4.69, 9.17) is 4.74 Å². The minimum absolute atomic E-state index is 0.251. The monoisotopic (exact) mass is 392 g/mol.